The van der Waals surface area contributed by atoms with Crippen LogP contribution in [0.15, 0.2) is 23.3 Å². The lowest BCUT2D eigenvalue weighted by Gasteiger charge is -2.51. The minimum Gasteiger partial charge on any atom is -0.325 e. The van der Waals surface area contributed by atoms with E-state index in [0.717, 1.165) is 49.7 Å². The van der Waals surface area contributed by atoms with E-state index in [0.29, 0.717) is 0 Å². The first-order chi connectivity index (χ1) is 15.1. The van der Waals surface area contributed by atoms with Crippen LogP contribution in [0.4, 0.5) is 18.9 Å². The van der Waals surface area contributed by atoms with E-state index in [2.05, 4.69) is 20.7 Å². The summed E-state index contributed by atoms with van der Waals surface area (Å²) >= 11 is 6.00. The Morgan fingerprint density at radius 1 is 1.28 bits per heavy atom. The molecule has 3 atom stereocenters. The van der Waals surface area contributed by atoms with Crippen molar-refractivity contribution in [2.75, 3.05) is 11.9 Å². The average molecular weight is 472 g/mol. The summed E-state index contributed by atoms with van der Waals surface area (Å²) in [5, 5.41) is 6.80. The summed E-state index contributed by atoms with van der Waals surface area (Å²) in [5.41, 5.74) is 1.85. The molecule has 3 aliphatic rings. The van der Waals surface area contributed by atoms with E-state index < -0.39 is 23.8 Å². The summed E-state index contributed by atoms with van der Waals surface area (Å²) in [6.07, 6.45) is -1.65. The van der Waals surface area contributed by atoms with Gasteiger partial charge in [0.15, 0.2) is 6.17 Å². The predicted octanol–water partition coefficient (Wildman–Crippen LogP) is 3.65. The first kappa shape index (κ1) is 22.7. The highest BCUT2D eigenvalue weighted by Crippen LogP contribution is 2.36. The minimum absolute atomic E-state index is 0.00882. The summed E-state index contributed by atoms with van der Waals surface area (Å²) in [5.74, 6) is 0.110. The molecule has 11 heteroatoms. The number of alkyl halides is 3. The largest absolute Gasteiger partial charge is 0.416 e. The molecule has 0 radical (unpaired) electrons. The topological polar surface area (TPSA) is 77.0 Å². The average Bonchev–Trinajstić information content (AvgIpc) is 3.18. The van der Waals surface area contributed by atoms with Crippen LogP contribution in [0.25, 0.3) is 0 Å². The molecule has 1 aromatic carbocycles. The molecule has 0 spiro atoms. The highest BCUT2D eigenvalue weighted by atomic mass is 35.5. The van der Waals surface area contributed by atoms with Crippen LogP contribution in [0.5, 0.6) is 0 Å². The van der Waals surface area contributed by atoms with Gasteiger partial charge < -0.3 is 15.1 Å². The summed E-state index contributed by atoms with van der Waals surface area (Å²) < 4.78 is 39.1. The Morgan fingerprint density at radius 2 is 1.97 bits per heavy atom. The zero-order valence-corrected chi connectivity index (χ0v) is 18.5. The number of carbonyl (C=O) groups is 2. The summed E-state index contributed by atoms with van der Waals surface area (Å²) in [6, 6.07) is 2.61. The molecule has 2 amide bonds. The van der Waals surface area contributed by atoms with Gasteiger partial charge in [0.05, 0.1) is 28.4 Å². The monoisotopic (exact) mass is 471 g/mol. The van der Waals surface area contributed by atoms with Crippen molar-refractivity contribution in [1.82, 2.24) is 15.2 Å². The number of nitrogens with zero attached hydrogens (tertiary/aromatic N) is 3. The number of halogens is 4. The number of carbonyl (C=O) groups excluding carboxylic acids is 2. The Balaban J connectivity index is 1.53. The molecule has 2 heterocycles. The van der Waals surface area contributed by atoms with E-state index in [1.54, 1.807) is 0 Å². The lowest BCUT2D eigenvalue weighted by atomic mass is 9.85. The van der Waals surface area contributed by atoms with Crippen LogP contribution in [0.3, 0.4) is 0 Å². The molecule has 2 N–H and O–H groups in total. The Kier molecular flexibility index (Phi) is 6.00. The molecule has 7 nitrogen and oxygen atoms in total. The molecular weight excluding hydrogens is 447 g/mol. The zero-order valence-electron chi connectivity index (χ0n) is 17.7. The lowest BCUT2D eigenvalue weighted by Crippen LogP contribution is -2.70. The molecule has 2 aliphatic heterocycles. The van der Waals surface area contributed by atoms with Crippen molar-refractivity contribution in [3.63, 3.8) is 0 Å². The van der Waals surface area contributed by atoms with E-state index in [9.17, 15) is 22.8 Å². The van der Waals surface area contributed by atoms with Crippen molar-refractivity contribution >= 4 is 34.9 Å². The number of amidine groups is 1. The van der Waals surface area contributed by atoms with Gasteiger partial charge in [-0.2, -0.15) is 18.3 Å². The van der Waals surface area contributed by atoms with Crippen molar-refractivity contribution in [2.24, 2.45) is 11.0 Å². The number of piperazine rings is 1. The van der Waals surface area contributed by atoms with Gasteiger partial charge in [0, 0.05) is 5.92 Å². The highest BCUT2D eigenvalue weighted by molar-refractivity contribution is 6.33. The number of hydrazone groups is 1. The second-order valence-electron chi connectivity index (χ2n) is 8.69. The van der Waals surface area contributed by atoms with Gasteiger partial charge in [-0.15, -0.1) is 0 Å². The molecule has 174 valence electrons. The Labute approximate surface area is 188 Å². The van der Waals surface area contributed by atoms with Gasteiger partial charge in [0.1, 0.15) is 12.4 Å². The van der Waals surface area contributed by atoms with Gasteiger partial charge in [0.2, 0.25) is 5.91 Å². The lowest BCUT2D eigenvalue weighted by molar-refractivity contribution is -0.151. The third-order valence-corrected chi connectivity index (χ3v) is 6.54. The van der Waals surface area contributed by atoms with E-state index in [1.807, 2.05) is 13.8 Å². The number of hydrogen-bond acceptors (Lipinski definition) is 5. The summed E-state index contributed by atoms with van der Waals surface area (Å²) in [7, 11) is 0. The van der Waals surface area contributed by atoms with Crippen LogP contribution < -0.4 is 10.7 Å². The number of rotatable bonds is 4. The maximum absolute atomic E-state index is 13.3. The molecule has 0 aromatic heterocycles. The standard InChI is InChI=1S/C21H25ClF3N5O2/c1-11(2)18-27-28-19-20(32)29(15-5-3-4-6-16(15)30(18)19)10-17(31)26-14-9-12(21(23,24)25)7-8-13(14)22/h7-9,11,15-16,19,28H,3-6,10H2,1-2H3,(H,26,31). The number of hydrogen-bond donors (Lipinski definition) is 2. The third-order valence-electron chi connectivity index (χ3n) is 6.21. The van der Waals surface area contributed by atoms with E-state index in [4.69, 9.17) is 11.6 Å². The van der Waals surface area contributed by atoms with Crippen LogP contribution >= 0.6 is 11.6 Å². The third kappa shape index (κ3) is 4.12. The van der Waals surface area contributed by atoms with Crippen LogP contribution in [-0.2, 0) is 15.8 Å². The van der Waals surface area contributed by atoms with Gasteiger partial charge in [0.25, 0.3) is 5.91 Å². The molecule has 1 saturated carbocycles. The van der Waals surface area contributed by atoms with E-state index in [1.165, 1.54) is 4.90 Å². The molecule has 3 unspecified atom stereocenters. The number of fused-ring (bicyclic) bond motifs is 3. The molecular formula is C21H25ClF3N5O2. The summed E-state index contributed by atoms with van der Waals surface area (Å²) in [6.45, 7) is 3.77. The molecule has 32 heavy (non-hydrogen) atoms. The zero-order chi connectivity index (χ0) is 23.2. The van der Waals surface area contributed by atoms with Crippen LogP contribution in [0, 0.1) is 5.92 Å². The number of nitrogens with one attached hydrogen (secondary N) is 2. The Morgan fingerprint density at radius 3 is 2.62 bits per heavy atom. The highest BCUT2D eigenvalue weighted by Gasteiger charge is 2.51. The van der Waals surface area contributed by atoms with Gasteiger partial charge >= 0.3 is 6.18 Å². The van der Waals surface area contributed by atoms with Gasteiger partial charge in [-0.3, -0.25) is 15.0 Å². The molecule has 4 rings (SSSR count). The Hall–Kier alpha value is -2.49. The molecule has 1 aliphatic carbocycles. The molecule has 2 fully saturated rings. The number of benzene rings is 1. The van der Waals surface area contributed by atoms with Gasteiger partial charge in [-0.25, -0.2) is 0 Å². The fraction of sp³-hybridized carbons (Fsp3) is 0.571. The second-order valence-corrected chi connectivity index (χ2v) is 9.10. The SMILES string of the molecule is CC(C)C1=NNC2C(=O)N(CC(=O)Nc3cc(C(F)(F)F)ccc3Cl)C3CCCCC3N12. The molecule has 1 saturated heterocycles. The first-order valence-electron chi connectivity index (χ1n) is 10.7. The normalized spacial score (nSPS) is 25.3. The molecule has 1 aromatic rings. The predicted molar refractivity (Wildman–Crippen MR) is 114 cm³/mol. The quantitative estimate of drug-likeness (QED) is 0.702. The maximum atomic E-state index is 13.3. The van der Waals surface area contributed by atoms with E-state index >= 15 is 0 Å². The van der Waals surface area contributed by atoms with E-state index in [-0.39, 0.29) is 41.2 Å². The summed E-state index contributed by atoms with van der Waals surface area (Å²) in [4.78, 5) is 29.6. The maximum Gasteiger partial charge on any atom is 0.416 e. The van der Waals surface area contributed by atoms with Crippen molar-refractivity contribution in [3.05, 3.63) is 28.8 Å². The number of amides is 2. The minimum atomic E-state index is -4.56. The number of anilines is 1. The smallest absolute Gasteiger partial charge is 0.325 e. The van der Waals surface area contributed by atoms with Crippen molar-refractivity contribution in [3.8, 4) is 0 Å². The first-order valence-corrected chi connectivity index (χ1v) is 11.0. The fourth-order valence-electron chi connectivity index (χ4n) is 4.78. The van der Waals surface area contributed by atoms with Crippen molar-refractivity contribution in [2.45, 2.75) is 64.0 Å². The fourth-order valence-corrected chi connectivity index (χ4v) is 4.94. The van der Waals surface area contributed by atoms with Gasteiger partial charge in [-0.05, 0) is 31.0 Å². The van der Waals surface area contributed by atoms with Crippen LogP contribution in [0.1, 0.15) is 45.1 Å². The molecule has 0 bridgehead atoms. The van der Waals surface area contributed by atoms with Crippen molar-refractivity contribution in [1.29, 1.82) is 0 Å². The van der Waals surface area contributed by atoms with Gasteiger partial charge in [-0.1, -0.05) is 38.3 Å². The van der Waals surface area contributed by atoms with Crippen molar-refractivity contribution < 1.29 is 22.8 Å². The van der Waals surface area contributed by atoms with Crippen LogP contribution in [-0.4, -0.2) is 52.2 Å². The second kappa shape index (κ2) is 8.46. The van der Waals surface area contributed by atoms with Crippen LogP contribution in [0.2, 0.25) is 5.02 Å². The Bertz CT molecular complexity index is 952.